The standard InChI is InChI=1S/C11H16N4O3/c1-13-11(16)8-3-4-10(15(17)18)9(7-8)14-6-2-5-12/h3-4,7,14H,2,5-6,12H2,1H3,(H,13,16). The molecule has 1 amide bonds. The van der Waals surface area contributed by atoms with Crippen molar-refractivity contribution in [2.75, 3.05) is 25.5 Å². The molecule has 0 heterocycles. The van der Waals surface area contributed by atoms with E-state index in [0.717, 1.165) is 0 Å². The van der Waals surface area contributed by atoms with Gasteiger partial charge in [0.05, 0.1) is 4.92 Å². The van der Waals surface area contributed by atoms with E-state index in [4.69, 9.17) is 5.73 Å². The summed E-state index contributed by atoms with van der Waals surface area (Å²) in [6, 6.07) is 4.20. The Hall–Kier alpha value is -2.15. The Labute approximate surface area is 105 Å². The topological polar surface area (TPSA) is 110 Å². The molecule has 0 atom stereocenters. The summed E-state index contributed by atoms with van der Waals surface area (Å²) in [4.78, 5) is 21.8. The minimum absolute atomic E-state index is 0.0559. The number of nitrogens with zero attached hydrogens (tertiary/aromatic N) is 1. The van der Waals surface area contributed by atoms with Crippen LogP contribution < -0.4 is 16.4 Å². The monoisotopic (exact) mass is 252 g/mol. The normalized spacial score (nSPS) is 9.89. The zero-order valence-corrected chi connectivity index (χ0v) is 10.1. The molecule has 0 spiro atoms. The van der Waals surface area contributed by atoms with Crippen LogP contribution in [-0.4, -0.2) is 31.0 Å². The molecule has 0 unspecified atom stereocenters. The van der Waals surface area contributed by atoms with E-state index in [1.807, 2.05) is 0 Å². The van der Waals surface area contributed by atoms with Gasteiger partial charge in [0.15, 0.2) is 0 Å². The van der Waals surface area contributed by atoms with Gasteiger partial charge in [-0.05, 0) is 25.1 Å². The van der Waals surface area contributed by atoms with Gasteiger partial charge in [0.2, 0.25) is 0 Å². The number of carbonyl (C=O) groups is 1. The number of anilines is 1. The average molecular weight is 252 g/mol. The Morgan fingerprint density at radius 2 is 2.22 bits per heavy atom. The number of hydrogen-bond acceptors (Lipinski definition) is 5. The first-order valence-electron chi connectivity index (χ1n) is 5.54. The zero-order chi connectivity index (χ0) is 13.5. The van der Waals surface area contributed by atoms with Gasteiger partial charge in [-0.2, -0.15) is 0 Å². The number of amides is 1. The third kappa shape index (κ3) is 3.42. The molecule has 0 bridgehead atoms. The van der Waals surface area contributed by atoms with Crippen LogP contribution in [0.5, 0.6) is 0 Å². The molecular weight excluding hydrogens is 236 g/mol. The number of carbonyl (C=O) groups excluding carboxylic acids is 1. The Morgan fingerprint density at radius 1 is 1.50 bits per heavy atom. The Balaban J connectivity index is 2.99. The van der Waals surface area contributed by atoms with Crippen molar-refractivity contribution in [1.82, 2.24) is 5.32 Å². The number of nitrogens with two attached hydrogens (primary N) is 1. The molecule has 0 aliphatic heterocycles. The molecule has 0 aliphatic carbocycles. The molecule has 1 aromatic carbocycles. The van der Waals surface area contributed by atoms with E-state index in [1.54, 1.807) is 0 Å². The van der Waals surface area contributed by atoms with Crippen molar-refractivity contribution < 1.29 is 9.72 Å². The molecule has 18 heavy (non-hydrogen) atoms. The van der Waals surface area contributed by atoms with Crippen LogP contribution >= 0.6 is 0 Å². The van der Waals surface area contributed by atoms with Crippen LogP contribution in [-0.2, 0) is 0 Å². The van der Waals surface area contributed by atoms with Crippen molar-refractivity contribution in [3.8, 4) is 0 Å². The third-order valence-electron chi connectivity index (χ3n) is 2.38. The van der Waals surface area contributed by atoms with Crippen molar-refractivity contribution >= 4 is 17.3 Å². The average Bonchev–Trinajstić information content (AvgIpc) is 2.37. The van der Waals surface area contributed by atoms with Gasteiger partial charge in [-0.1, -0.05) is 0 Å². The maximum Gasteiger partial charge on any atom is 0.292 e. The van der Waals surface area contributed by atoms with Gasteiger partial charge in [0.25, 0.3) is 11.6 Å². The highest BCUT2D eigenvalue weighted by Crippen LogP contribution is 2.25. The summed E-state index contributed by atoms with van der Waals surface area (Å²) < 4.78 is 0. The molecule has 7 nitrogen and oxygen atoms in total. The van der Waals surface area contributed by atoms with Crippen LogP contribution in [0.25, 0.3) is 0 Å². The Kier molecular flexibility index (Phi) is 5.06. The summed E-state index contributed by atoms with van der Waals surface area (Å²) >= 11 is 0. The molecule has 4 N–H and O–H groups in total. The fourth-order valence-corrected chi connectivity index (χ4v) is 1.45. The zero-order valence-electron chi connectivity index (χ0n) is 10.1. The second kappa shape index (κ2) is 6.55. The first-order chi connectivity index (χ1) is 8.60. The van der Waals surface area contributed by atoms with Crippen molar-refractivity contribution in [3.05, 3.63) is 33.9 Å². The van der Waals surface area contributed by atoms with Gasteiger partial charge in [0, 0.05) is 25.2 Å². The van der Waals surface area contributed by atoms with E-state index >= 15 is 0 Å². The van der Waals surface area contributed by atoms with E-state index < -0.39 is 4.92 Å². The summed E-state index contributed by atoms with van der Waals surface area (Å²) in [6.07, 6.45) is 0.696. The number of benzene rings is 1. The van der Waals surface area contributed by atoms with Crippen LogP contribution in [0.4, 0.5) is 11.4 Å². The lowest BCUT2D eigenvalue weighted by Gasteiger charge is -2.08. The summed E-state index contributed by atoms with van der Waals surface area (Å²) in [7, 11) is 1.51. The lowest BCUT2D eigenvalue weighted by molar-refractivity contribution is -0.384. The lowest BCUT2D eigenvalue weighted by atomic mass is 10.1. The molecule has 7 heteroatoms. The Morgan fingerprint density at radius 3 is 2.78 bits per heavy atom. The second-order valence-corrected chi connectivity index (χ2v) is 3.64. The number of hydrogen-bond donors (Lipinski definition) is 3. The van der Waals surface area contributed by atoms with Gasteiger partial charge in [-0.15, -0.1) is 0 Å². The minimum Gasteiger partial charge on any atom is -0.379 e. The predicted octanol–water partition coefficient (Wildman–Crippen LogP) is 0.715. The number of nitro groups is 1. The van der Waals surface area contributed by atoms with Crippen molar-refractivity contribution in [3.63, 3.8) is 0 Å². The summed E-state index contributed by atoms with van der Waals surface area (Å²) in [5, 5.41) is 16.2. The predicted molar refractivity (Wildman–Crippen MR) is 68.6 cm³/mol. The number of nitro benzene ring substituents is 1. The highest BCUT2D eigenvalue weighted by atomic mass is 16.6. The molecule has 98 valence electrons. The van der Waals surface area contributed by atoms with Gasteiger partial charge in [0.1, 0.15) is 5.69 Å². The molecule has 0 saturated heterocycles. The molecule has 1 aromatic rings. The van der Waals surface area contributed by atoms with Gasteiger partial charge >= 0.3 is 0 Å². The van der Waals surface area contributed by atoms with Crippen LogP contribution in [0.15, 0.2) is 18.2 Å². The summed E-state index contributed by atoms with van der Waals surface area (Å²) in [5.41, 5.74) is 6.00. The third-order valence-corrected chi connectivity index (χ3v) is 2.38. The van der Waals surface area contributed by atoms with E-state index in [9.17, 15) is 14.9 Å². The molecule has 1 rings (SSSR count). The van der Waals surface area contributed by atoms with Crippen molar-refractivity contribution in [2.24, 2.45) is 5.73 Å². The van der Waals surface area contributed by atoms with E-state index in [2.05, 4.69) is 10.6 Å². The van der Waals surface area contributed by atoms with Crippen LogP contribution in [0.1, 0.15) is 16.8 Å². The highest BCUT2D eigenvalue weighted by molar-refractivity contribution is 5.95. The van der Waals surface area contributed by atoms with Crippen LogP contribution in [0.3, 0.4) is 0 Å². The lowest BCUT2D eigenvalue weighted by Crippen LogP contribution is -2.18. The smallest absolute Gasteiger partial charge is 0.292 e. The van der Waals surface area contributed by atoms with Crippen LogP contribution in [0.2, 0.25) is 0 Å². The maximum atomic E-state index is 11.4. The van der Waals surface area contributed by atoms with Gasteiger partial charge < -0.3 is 16.4 Å². The molecular formula is C11H16N4O3. The molecule has 0 aromatic heterocycles. The molecule has 0 radical (unpaired) electrons. The largest absolute Gasteiger partial charge is 0.379 e. The maximum absolute atomic E-state index is 11.4. The first kappa shape index (κ1) is 13.9. The van der Waals surface area contributed by atoms with Gasteiger partial charge in [-0.25, -0.2) is 0 Å². The van der Waals surface area contributed by atoms with Crippen molar-refractivity contribution in [2.45, 2.75) is 6.42 Å². The van der Waals surface area contributed by atoms with E-state index in [1.165, 1.54) is 25.2 Å². The second-order valence-electron chi connectivity index (χ2n) is 3.64. The first-order valence-corrected chi connectivity index (χ1v) is 5.54. The molecule has 0 saturated carbocycles. The molecule has 0 fully saturated rings. The SMILES string of the molecule is CNC(=O)c1ccc([N+](=O)[O-])c(NCCCN)c1. The molecule has 0 aliphatic rings. The minimum atomic E-state index is -0.488. The number of rotatable bonds is 6. The van der Waals surface area contributed by atoms with Crippen molar-refractivity contribution in [1.29, 1.82) is 0 Å². The fraction of sp³-hybridized carbons (Fsp3) is 0.364. The Bertz CT molecular complexity index is 448. The van der Waals surface area contributed by atoms with Crippen LogP contribution in [0, 0.1) is 10.1 Å². The quantitative estimate of drug-likeness (QED) is 0.392. The summed E-state index contributed by atoms with van der Waals surface area (Å²) in [5.74, 6) is -0.285. The summed E-state index contributed by atoms with van der Waals surface area (Å²) in [6.45, 7) is 1.02. The number of nitrogens with one attached hydrogen (secondary N) is 2. The highest BCUT2D eigenvalue weighted by Gasteiger charge is 2.15. The van der Waals surface area contributed by atoms with E-state index in [-0.39, 0.29) is 11.6 Å². The van der Waals surface area contributed by atoms with E-state index in [0.29, 0.717) is 30.8 Å². The fourth-order valence-electron chi connectivity index (χ4n) is 1.45. The van der Waals surface area contributed by atoms with Gasteiger partial charge in [-0.3, -0.25) is 14.9 Å².